The van der Waals surface area contributed by atoms with Gasteiger partial charge in [0.25, 0.3) is 0 Å². The van der Waals surface area contributed by atoms with Gasteiger partial charge in [0, 0.05) is 29.8 Å². The maximum atomic E-state index is 12.0. The normalized spacial score (nSPS) is 11.3. The van der Waals surface area contributed by atoms with E-state index in [9.17, 15) is 4.79 Å². The van der Waals surface area contributed by atoms with E-state index in [-0.39, 0.29) is 5.43 Å². The number of H-pyrrole nitrogens is 1. The number of hydrogen-bond acceptors (Lipinski definition) is 2. The van der Waals surface area contributed by atoms with E-state index in [0.29, 0.717) is 12.5 Å². The summed E-state index contributed by atoms with van der Waals surface area (Å²) in [6.07, 6.45) is 0. The molecular weight excluding hydrogens is 214 g/mol. The van der Waals surface area contributed by atoms with Crippen LogP contribution < -0.4 is 5.43 Å². The molecule has 0 radical (unpaired) electrons. The Morgan fingerprint density at radius 1 is 1.29 bits per heavy atom. The standard InChI is InChI=1S/C14H17NO2/c1-9(2)13-7-14(16)11-6-10(8-17-3)4-5-12(11)15-13/h4-7,9H,8H2,1-3H3,(H,15,16). The van der Waals surface area contributed by atoms with Crippen molar-refractivity contribution in [3.63, 3.8) is 0 Å². The van der Waals surface area contributed by atoms with Crippen LogP contribution in [0.5, 0.6) is 0 Å². The van der Waals surface area contributed by atoms with Gasteiger partial charge in [-0.2, -0.15) is 0 Å². The van der Waals surface area contributed by atoms with Gasteiger partial charge < -0.3 is 9.72 Å². The highest BCUT2D eigenvalue weighted by molar-refractivity contribution is 5.79. The van der Waals surface area contributed by atoms with Crippen LogP contribution in [0.15, 0.2) is 29.1 Å². The summed E-state index contributed by atoms with van der Waals surface area (Å²) in [5.41, 5.74) is 2.95. The molecule has 3 nitrogen and oxygen atoms in total. The summed E-state index contributed by atoms with van der Waals surface area (Å²) in [6, 6.07) is 7.49. The Labute approximate surface area is 100 Å². The van der Waals surface area contributed by atoms with E-state index < -0.39 is 0 Å². The lowest BCUT2D eigenvalue weighted by Crippen LogP contribution is -2.06. The molecule has 0 bridgehead atoms. The fourth-order valence-electron chi connectivity index (χ4n) is 1.88. The molecule has 0 saturated heterocycles. The Bertz CT molecular complexity index is 584. The van der Waals surface area contributed by atoms with Gasteiger partial charge in [-0.25, -0.2) is 0 Å². The summed E-state index contributed by atoms with van der Waals surface area (Å²) >= 11 is 0. The molecule has 0 fully saturated rings. The maximum Gasteiger partial charge on any atom is 0.189 e. The molecule has 1 aromatic heterocycles. The molecule has 0 aliphatic carbocycles. The van der Waals surface area contributed by atoms with Gasteiger partial charge >= 0.3 is 0 Å². The van der Waals surface area contributed by atoms with Crippen molar-refractivity contribution in [1.82, 2.24) is 4.98 Å². The van der Waals surface area contributed by atoms with E-state index in [1.54, 1.807) is 13.2 Å². The van der Waals surface area contributed by atoms with Crippen molar-refractivity contribution < 1.29 is 4.74 Å². The first-order valence-electron chi connectivity index (χ1n) is 5.76. The van der Waals surface area contributed by atoms with E-state index >= 15 is 0 Å². The van der Waals surface area contributed by atoms with Gasteiger partial charge in [0.05, 0.1) is 6.61 Å². The number of aromatic nitrogens is 1. The number of aromatic amines is 1. The summed E-state index contributed by atoms with van der Waals surface area (Å²) in [6.45, 7) is 4.66. The molecule has 1 aromatic carbocycles. The largest absolute Gasteiger partial charge is 0.380 e. The zero-order valence-electron chi connectivity index (χ0n) is 10.4. The zero-order chi connectivity index (χ0) is 12.4. The van der Waals surface area contributed by atoms with Crippen molar-refractivity contribution in [3.8, 4) is 0 Å². The fourth-order valence-corrected chi connectivity index (χ4v) is 1.88. The average molecular weight is 231 g/mol. The molecule has 2 aromatic rings. The summed E-state index contributed by atoms with van der Waals surface area (Å²) in [5.74, 6) is 0.325. The Morgan fingerprint density at radius 3 is 2.71 bits per heavy atom. The molecule has 0 saturated carbocycles. The van der Waals surface area contributed by atoms with Crippen LogP contribution in [0, 0.1) is 0 Å². The van der Waals surface area contributed by atoms with Gasteiger partial charge in [0.1, 0.15) is 0 Å². The molecule has 2 rings (SSSR count). The summed E-state index contributed by atoms with van der Waals surface area (Å²) in [4.78, 5) is 15.3. The number of hydrogen-bond donors (Lipinski definition) is 1. The Kier molecular flexibility index (Phi) is 3.29. The average Bonchev–Trinajstić information content (AvgIpc) is 2.30. The lowest BCUT2D eigenvalue weighted by molar-refractivity contribution is 0.185. The molecule has 0 amide bonds. The van der Waals surface area contributed by atoms with E-state index in [2.05, 4.69) is 18.8 Å². The highest BCUT2D eigenvalue weighted by atomic mass is 16.5. The van der Waals surface area contributed by atoms with Crippen molar-refractivity contribution in [3.05, 3.63) is 45.7 Å². The van der Waals surface area contributed by atoms with Crippen LogP contribution in [-0.4, -0.2) is 12.1 Å². The van der Waals surface area contributed by atoms with Crippen molar-refractivity contribution in [2.75, 3.05) is 7.11 Å². The lowest BCUT2D eigenvalue weighted by Gasteiger charge is -2.08. The molecule has 1 N–H and O–H groups in total. The number of nitrogens with one attached hydrogen (secondary N) is 1. The van der Waals surface area contributed by atoms with Crippen molar-refractivity contribution in [2.24, 2.45) is 0 Å². The van der Waals surface area contributed by atoms with E-state index in [1.807, 2.05) is 18.2 Å². The quantitative estimate of drug-likeness (QED) is 0.882. The minimum Gasteiger partial charge on any atom is -0.380 e. The van der Waals surface area contributed by atoms with Gasteiger partial charge in [-0.15, -0.1) is 0 Å². The Balaban J connectivity index is 2.60. The van der Waals surface area contributed by atoms with Gasteiger partial charge in [-0.3, -0.25) is 4.79 Å². The molecule has 17 heavy (non-hydrogen) atoms. The summed E-state index contributed by atoms with van der Waals surface area (Å²) in [5, 5.41) is 0.726. The minimum atomic E-state index is 0.0698. The number of methoxy groups -OCH3 is 1. The van der Waals surface area contributed by atoms with Gasteiger partial charge in [0.15, 0.2) is 5.43 Å². The molecule has 0 aliphatic rings. The Morgan fingerprint density at radius 2 is 2.06 bits per heavy atom. The lowest BCUT2D eigenvalue weighted by atomic mass is 10.1. The number of fused-ring (bicyclic) bond motifs is 1. The van der Waals surface area contributed by atoms with Crippen LogP contribution in [0.4, 0.5) is 0 Å². The third-order valence-corrected chi connectivity index (χ3v) is 2.85. The third kappa shape index (κ3) is 2.39. The number of pyridine rings is 1. The molecule has 3 heteroatoms. The first-order chi connectivity index (χ1) is 8.11. The van der Waals surface area contributed by atoms with Crippen molar-refractivity contribution in [1.29, 1.82) is 0 Å². The molecule has 0 atom stereocenters. The molecule has 1 heterocycles. The van der Waals surface area contributed by atoms with Crippen LogP contribution in [0.25, 0.3) is 10.9 Å². The van der Waals surface area contributed by atoms with Gasteiger partial charge in [0.2, 0.25) is 0 Å². The van der Waals surface area contributed by atoms with Crippen LogP contribution in [-0.2, 0) is 11.3 Å². The maximum absolute atomic E-state index is 12.0. The highest BCUT2D eigenvalue weighted by Crippen LogP contribution is 2.16. The molecular formula is C14H17NO2. The topological polar surface area (TPSA) is 42.1 Å². The molecule has 90 valence electrons. The number of rotatable bonds is 3. The van der Waals surface area contributed by atoms with E-state index in [0.717, 1.165) is 22.2 Å². The smallest absolute Gasteiger partial charge is 0.189 e. The fraction of sp³-hybridized carbons (Fsp3) is 0.357. The highest BCUT2D eigenvalue weighted by Gasteiger charge is 2.05. The zero-order valence-corrected chi connectivity index (χ0v) is 10.4. The van der Waals surface area contributed by atoms with Crippen LogP contribution in [0.3, 0.4) is 0 Å². The van der Waals surface area contributed by atoms with Crippen LogP contribution >= 0.6 is 0 Å². The summed E-state index contributed by atoms with van der Waals surface area (Å²) < 4.78 is 5.07. The van der Waals surface area contributed by atoms with Gasteiger partial charge in [-0.05, 0) is 23.6 Å². The summed E-state index contributed by atoms with van der Waals surface area (Å²) in [7, 11) is 1.65. The number of ether oxygens (including phenoxy) is 1. The molecule has 0 unspecified atom stereocenters. The second kappa shape index (κ2) is 4.72. The first kappa shape index (κ1) is 11.9. The predicted octanol–water partition coefficient (Wildman–Crippen LogP) is 2.80. The third-order valence-electron chi connectivity index (χ3n) is 2.85. The van der Waals surface area contributed by atoms with Crippen LogP contribution in [0.2, 0.25) is 0 Å². The Hall–Kier alpha value is -1.61. The second-order valence-corrected chi connectivity index (χ2v) is 4.56. The predicted molar refractivity (Wildman–Crippen MR) is 69.4 cm³/mol. The molecule has 0 aliphatic heterocycles. The van der Waals surface area contributed by atoms with Crippen LogP contribution in [0.1, 0.15) is 31.0 Å². The molecule has 0 spiro atoms. The monoisotopic (exact) mass is 231 g/mol. The first-order valence-corrected chi connectivity index (χ1v) is 5.76. The SMILES string of the molecule is COCc1ccc2[nH]c(C(C)C)cc(=O)c2c1. The second-order valence-electron chi connectivity index (χ2n) is 4.56. The van der Waals surface area contributed by atoms with E-state index in [4.69, 9.17) is 4.74 Å². The van der Waals surface area contributed by atoms with Crippen molar-refractivity contribution in [2.45, 2.75) is 26.4 Å². The van der Waals surface area contributed by atoms with Crippen molar-refractivity contribution >= 4 is 10.9 Å². The van der Waals surface area contributed by atoms with E-state index in [1.165, 1.54) is 0 Å². The number of benzene rings is 1. The minimum absolute atomic E-state index is 0.0698. The van der Waals surface area contributed by atoms with Gasteiger partial charge in [-0.1, -0.05) is 19.9 Å².